The molecule has 3 aromatic heterocycles. The molecule has 3 saturated heterocycles. The largest absolute Gasteiger partial charge is 0.480 e. The number of pyridine rings is 1. The van der Waals surface area contributed by atoms with Gasteiger partial charge in [0.25, 0.3) is 5.56 Å². The van der Waals surface area contributed by atoms with Crippen molar-refractivity contribution < 1.29 is 31.9 Å². The standard InChI is InChI=1S/C46H50ClF4N11O4/c1-58-33-18-30(48)31(17-28(33)37-39(43(58)65)66-23-46(50,51)40(55-37)25-3-4-25)53-41-29(47)19-52-44(56-41)62-21-45(22-62)11-9-24(10-12-45)20-60-13-15-61(16-14-60)32-7-5-26-36(57-59(2)38(26)35(32)49)27-6-8-34(63)54-42(27)64/h5,7,17-19,24-25,27,40,55H,3-4,6,8-16,20-23H2,1-2H3,(H,52,53,56)(H,54,63,64). The molecule has 348 valence electrons. The van der Waals surface area contributed by atoms with Crippen molar-refractivity contribution in [3.8, 4) is 5.75 Å². The monoisotopic (exact) mass is 931 g/mol. The molecule has 2 aromatic carbocycles. The Morgan fingerprint density at radius 2 is 1.71 bits per heavy atom. The Balaban J connectivity index is 0.707. The molecule has 0 radical (unpaired) electrons. The second kappa shape index (κ2) is 16.0. The number of anilines is 5. The summed E-state index contributed by atoms with van der Waals surface area (Å²) in [4.78, 5) is 53.4. The number of halogens is 5. The van der Waals surface area contributed by atoms with Gasteiger partial charge in [0, 0.05) is 88.6 Å². The summed E-state index contributed by atoms with van der Waals surface area (Å²) < 4.78 is 70.5. The summed E-state index contributed by atoms with van der Waals surface area (Å²) in [6, 6.07) is 5.06. The van der Waals surface area contributed by atoms with Gasteiger partial charge in [-0.05, 0) is 75.0 Å². The van der Waals surface area contributed by atoms with Crippen molar-refractivity contribution in [2.45, 2.75) is 69.2 Å². The van der Waals surface area contributed by atoms with Crippen molar-refractivity contribution in [3.63, 3.8) is 0 Å². The van der Waals surface area contributed by atoms with E-state index in [0.717, 1.165) is 58.4 Å². The van der Waals surface area contributed by atoms with Crippen LogP contribution in [0.4, 0.5) is 46.4 Å². The summed E-state index contributed by atoms with van der Waals surface area (Å²) >= 11 is 6.57. The van der Waals surface area contributed by atoms with E-state index in [1.165, 1.54) is 34.6 Å². The van der Waals surface area contributed by atoms with Crippen molar-refractivity contribution in [1.29, 1.82) is 0 Å². The van der Waals surface area contributed by atoms with E-state index in [1.54, 1.807) is 13.1 Å². The third-order valence-electron chi connectivity index (χ3n) is 14.9. The van der Waals surface area contributed by atoms with Crippen LogP contribution in [-0.2, 0) is 23.7 Å². The zero-order chi connectivity index (χ0) is 45.8. The number of aryl methyl sites for hydroxylation is 2. The topological polar surface area (TPSA) is 155 Å². The molecule has 2 amide bonds. The first kappa shape index (κ1) is 42.9. The number of aromatic nitrogens is 5. The fourth-order valence-corrected chi connectivity index (χ4v) is 11.2. The highest BCUT2D eigenvalue weighted by atomic mass is 35.5. The number of fused-ring (bicyclic) bond motifs is 4. The molecule has 20 heteroatoms. The van der Waals surface area contributed by atoms with Crippen molar-refractivity contribution >= 4 is 74.0 Å². The lowest BCUT2D eigenvalue weighted by molar-refractivity contribution is -0.134. The lowest BCUT2D eigenvalue weighted by atomic mass is 9.66. The Kier molecular flexibility index (Phi) is 10.4. The predicted molar refractivity (Wildman–Crippen MR) is 241 cm³/mol. The number of nitrogens with one attached hydrogen (secondary N) is 3. The second-order valence-electron chi connectivity index (χ2n) is 19.3. The number of amides is 2. The van der Waals surface area contributed by atoms with Crippen LogP contribution in [0.2, 0.25) is 5.02 Å². The molecule has 4 aliphatic heterocycles. The molecule has 11 rings (SSSR count). The third kappa shape index (κ3) is 7.45. The number of hydrogen-bond acceptors (Lipinski definition) is 12. The average molecular weight is 932 g/mol. The van der Waals surface area contributed by atoms with Gasteiger partial charge in [0.2, 0.25) is 23.5 Å². The van der Waals surface area contributed by atoms with Crippen molar-refractivity contribution in [2.24, 2.45) is 31.3 Å². The normalized spacial score (nSPS) is 23.3. The number of ether oxygens (including phenoxy) is 1. The molecule has 7 heterocycles. The summed E-state index contributed by atoms with van der Waals surface area (Å²) in [7, 11) is 3.13. The molecule has 2 unspecified atom stereocenters. The molecule has 1 spiro atoms. The van der Waals surface area contributed by atoms with Crippen molar-refractivity contribution in [3.05, 3.63) is 63.2 Å². The van der Waals surface area contributed by atoms with Gasteiger partial charge in [0.15, 0.2) is 18.2 Å². The Morgan fingerprint density at radius 3 is 2.44 bits per heavy atom. The molecule has 5 aromatic rings. The van der Waals surface area contributed by atoms with E-state index >= 15 is 17.6 Å². The van der Waals surface area contributed by atoms with E-state index in [0.29, 0.717) is 71.9 Å². The molecule has 2 aliphatic carbocycles. The van der Waals surface area contributed by atoms with E-state index in [-0.39, 0.29) is 63.0 Å². The SMILES string of the molecule is Cn1nc(C2CCC(=O)NC2=O)c2ccc(N3CCN(CC4CCC5(CC4)CN(c4ncc(Cl)c(Nc6cc7c8c(c(=O)n(C)c7cc6F)OCC(F)(F)C(C6CC6)N8)n4)C5)CC3)c(F)c21. The van der Waals surface area contributed by atoms with E-state index in [2.05, 4.69) is 40.7 Å². The van der Waals surface area contributed by atoms with Crippen LogP contribution in [0, 0.1) is 28.9 Å². The van der Waals surface area contributed by atoms with E-state index < -0.39 is 41.8 Å². The molecule has 3 N–H and O–H groups in total. The molecule has 2 atom stereocenters. The number of alkyl halides is 2. The average Bonchev–Trinajstić information content (AvgIpc) is 4.08. The Labute approximate surface area is 381 Å². The van der Waals surface area contributed by atoms with Gasteiger partial charge >= 0.3 is 5.92 Å². The van der Waals surface area contributed by atoms with Gasteiger partial charge in [-0.2, -0.15) is 10.1 Å². The van der Waals surface area contributed by atoms with E-state index in [4.69, 9.17) is 21.3 Å². The maximum Gasteiger partial charge on any atom is 0.301 e. The number of benzene rings is 2. The van der Waals surface area contributed by atoms with Gasteiger partial charge in [-0.3, -0.25) is 29.3 Å². The van der Waals surface area contributed by atoms with Crippen LogP contribution in [0.5, 0.6) is 5.75 Å². The van der Waals surface area contributed by atoms with Crippen LogP contribution in [0.15, 0.2) is 35.3 Å². The van der Waals surface area contributed by atoms with Gasteiger partial charge in [-0.15, -0.1) is 0 Å². The van der Waals surface area contributed by atoms with Crippen LogP contribution < -0.4 is 36.0 Å². The molecular weight excluding hydrogens is 882 g/mol. The van der Waals surface area contributed by atoms with Gasteiger partial charge in [0.1, 0.15) is 16.4 Å². The fraction of sp³-hybridized carbons (Fsp3) is 0.522. The highest BCUT2D eigenvalue weighted by molar-refractivity contribution is 6.33. The summed E-state index contributed by atoms with van der Waals surface area (Å²) in [5.74, 6) is -4.84. The number of hydrogen-bond donors (Lipinski definition) is 3. The highest BCUT2D eigenvalue weighted by Gasteiger charge is 2.51. The molecule has 5 fully saturated rings. The number of carbonyl (C=O) groups excluding carboxylic acids is 2. The van der Waals surface area contributed by atoms with Crippen LogP contribution in [0.3, 0.4) is 0 Å². The lowest BCUT2D eigenvalue weighted by Gasteiger charge is -2.54. The number of piperidine rings is 1. The van der Waals surface area contributed by atoms with Crippen molar-refractivity contribution in [2.75, 3.05) is 72.9 Å². The van der Waals surface area contributed by atoms with Gasteiger partial charge < -0.3 is 29.7 Å². The van der Waals surface area contributed by atoms with Gasteiger partial charge in [-0.25, -0.2) is 22.5 Å². The van der Waals surface area contributed by atoms with Crippen molar-refractivity contribution in [1.82, 2.24) is 34.5 Å². The fourth-order valence-electron chi connectivity index (χ4n) is 11.1. The molecule has 15 nitrogen and oxygen atoms in total. The first-order chi connectivity index (χ1) is 31.6. The second-order valence-corrected chi connectivity index (χ2v) is 19.7. The lowest BCUT2D eigenvalue weighted by Crippen LogP contribution is -2.58. The zero-order valence-electron chi connectivity index (χ0n) is 36.6. The third-order valence-corrected chi connectivity index (χ3v) is 15.2. The Morgan fingerprint density at radius 1 is 0.955 bits per heavy atom. The summed E-state index contributed by atoms with van der Waals surface area (Å²) in [5, 5.41) is 14.0. The van der Waals surface area contributed by atoms with Gasteiger partial charge in [0.05, 0.1) is 46.4 Å². The van der Waals surface area contributed by atoms with E-state index in [1.807, 2.05) is 6.07 Å². The van der Waals surface area contributed by atoms with Crippen LogP contribution >= 0.6 is 11.6 Å². The number of piperazine rings is 1. The number of rotatable bonds is 8. The zero-order valence-corrected chi connectivity index (χ0v) is 37.4. The minimum Gasteiger partial charge on any atom is -0.480 e. The highest BCUT2D eigenvalue weighted by Crippen LogP contribution is 2.48. The Bertz CT molecular complexity index is 2870. The minimum atomic E-state index is -3.21. The molecule has 2 saturated carbocycles. The quantitative estimate of drug-likeness (QED) is 0.116. The number of imide groups is 1. The van der Waals surface area contributed by atoms with Crippen LogP contribution in [0.25, 0.3) is 21.8 Å². The molecule has 6 aliphatic rings. The van der Waals surface area contributed by atoms with Crippen LogP contribution in [0.1, 0.15) is 63.0 Å². The van der Waals surface area contributed by atoms with Gasteiger partial charge in [-0.1, -0.05) is 11.6 Å². The Hall–Kier alpha value is -5.69. The van der Waals surface area contributed by atoms with E-state index in [9.17, 15) is 14.4 Å². The maximum atomic E-state index is 16.1. The maximum absolute atomic E-state index is 16.1. The minimum absolute atomic E-state index is 0.00375. The summed E-state index contributed by atoms with van der Waals surface area (Å²) in [5.41, 5.74) is 1.21. The first-order valence-electron chi connectivity index (χ1n) is 22.8. The molecule has 0 bridgehead atoms. The van der Waals surface area contributed by atoms with Crippen LogP contribution in [-0.4, -0.2) is 105 Å². The first-order valence-corrected chi connectivity index (χ1v) is 23.2. The molecule has 66 heavy (non-hydrogen) atoms. The predicted octanol–water partition coefficient (Wildman–Crippen LogP) is 6.45. The number of nitrogens with zero attached hydrogens (tertiary/aromatic N) is 8. The smallest absolute Gasteiger partial charge is 0.301 e. The molecular formula is C46H50ClF4N11O4. The number of carbonyl (C=O) groups is 2. The summed E-state index contributed by atoms with van der Waals surface area (Å²) in [6.45, 7) is 4.63. The summed E-state index contributed by atoms with van der Waals surface area (Å²) in [6.07, 6.45) is 7.67.